The molecule has 0 spiro atoms. The van der Waals surface area contributed by atoms with E-state index in [1.54, 1.807) is 12.1 Å². The van der Waals surface area contributed by atoms with Crippen molar-refractivity contribution in [3.8, 4) is 0 Å². The van der Waals surface area contributed by atoms with E-state index in [-0.39, 0.29) is 0 Å². The van der Waals surface area contributed by atoms with Crippen molar-refractivity contribution >= 4 is 44.0 Å². The minimum atomic E-state index is -3.45. The highest BCUT2D eigenvalue weighted by Gasteiger charge is 2.38. The molecule has 1 rings (SSSR count). The highest BCUT2D eigenvalue weighted by atomic mass is 127. The summed E-state index contributed by atoms with van der Waals surface area (Å²) >= 11 is 2.08. The third kappa shape index (κ3) is 3.19. The molecule has 0 saturated carbocycles. The number of nitrogens with one attached hydrogen (secondary N) is 1. The van der Waals surface area contributed by atoms with Crippen LogP contribution in [0.2, 0.25) is 0 Å². The number of rotatable bonds is 3. The van der Waals surface area contributed by atoms with E-state index >= 15 is 0 Å². The lowest BCUT2D eigenvalue weighted by Gasteiger charge is -2.21. The Hall–Kier alpha value is -0.630. The Morgan fingerprint density at radius 1 is 1.29 bits per heavy atom. The largest absolute Gasteiger partial charge is 0.324 e. The van der Waals surface area contributed by atoms with Crippen molar-refractivity contribution in [1.29, 1.82) is 0 Å². The molecule has 0 saturated heterocycles. The predicted molar refractivity (Wildman–Crippen MR) is 76.7 cm³/mol. The Balaban J connectivity index is 2.99. The zero-order valence-corrected chi connectivity index (χ0v) is 12.8. The van der Waals surface area contributed by atoms with Gasteiger partial charge in [0.05, 0.1) is 5.69 Å². The van der Waals surface area contributed by atoms with Crippen LogP contribution in [0.5, 0.6) is 0 Å². The summed E-state index contributed by atoms with van der Waals surface area (Å²) in [5, 5.41) is 2.63. The first-order valence-electron chi connectivity index (χ1n) is 4.92. The minimum Gasteiger partial charge on any atom is -0.324 e. The van der Waals surface area contributed by atoms with E-state index in [0.29, 0.717) is 5.69 Å². The van der Waals surface area contributed by atoms with Gasteiger partial charge in [0.25, 0.3) is 0 Å². The highest BCUT2D eigenvalue weighted by Crippen LogP contribution is 2.21. The summed E-state index contributed by atoms with van der Waals surface area (Å²) in [7, 11) is -3.45. The van der Waals surface area contributed by atoms with Gasteiger partial charge in [0.2, 0.25) is 5.91 Å². The fourth-order valence-electron chi connectivity index (χ4n) is 1.00. The monoisotopic (exact) mass is 367 g/mol. The molecule has 0 aliphatic heterocycles. The lowest BCUT2D eigenvalue weighted by Crippen LogP contribution is -2.43. The van der Waals surface area contributed by atoms with Gasteiger partial charge < -0.3 is 5.32 Å². The Bertz CT molecular complexity index is 537. The zero-order valence-electron chi connectivity index (χ0n) is 9.82. The molecule has 0 atom stereocenters. The summed E-state index contributed by atoms with van der Waals surface area (Å²) in [6.45, 7) is 2.79. The second kappa shape index (κ2) is 4.93. The molecule has 0 heterocycles. The van der Waals surface area contributed by atoms with Crippen molar-refractivity contribution in [2.24, 2.45) is 0 Å². The molecule has 0 bridgehead atoms. The van der Waals surface area contributed by atoms with Gasteiger partial charge in [-0.05, 0) is 48.6 Å². The second-order valence-corrected chi connectivity index (χ2v) is 7.94. The third-order valence-corrected chi connectivity index (χ3v) is 5.58. The number of anilines is 1. The molecule has 0 aliphatic rings. The Kier molecular flexibility index (Phi) is 4.19. The number of halogens is 1. The number of sulfone groups is 1. The van der Waals surface area contributed by atoms with Crippen molar-refractivity contribution in [3.63, 3.8) is 0 Å². The summed E-state index contributed by atoms with van der Waals surface area (Å²) in [6.07, 6.45) is 1.06. The van der Waals surface area contributed by atoms with E-state index in [9.17, 15) is 13.2 Å². The normalized spacial score (nSPS) is 12.2. The summed E-state index contributed by atoms with van der Waals surface area (Å²) < 4.78 is 22.4. The maximum absolute atomic E-state index is 11.9. The van der Waals surface area contributed by atoms with Gasteiger partial charge in [-0.1, -0.05) is 12.1 Å². The van der Waals surface area contributed by atoms with E-state index in [2.05, 4.69) is 27.9 Å². The van der Waals surface area contributed by atoms with Gasteiger partial charge in [0.1, 0.15) is 4.75 Å². The zero-order chi connectivity index (χ0) is 13.3. The average Bonchev–Trinajstić information content (AvgIpc) is 2.19. The van der Waals surface area contributed by atoms with Crippen LogP contribution in [0.25, 0.3) is 0 Å². The smallest absolute Gasteiger partial charge is 0.245 e. The first-order chi connectivity index (χ1) is 7.66. The number of amides is 1. The molecule has 0 aromatic heterocycles. The van der Waals surface area contributed by atoms with Gasteiger partial charge in [0.15, 0.2) is 9.84 Å². The van der Waals surface area contributed by atoms with Crippen LogP contribution in [0.3, 0.4) is 0 Å². The van der Waals surface area contributed by atoms with Crippen LogP contribution < -0.4 is 5.32 Å². The lowest BCUT2D eigenvalue weighted by molar-refractivity contribution is -0.117. The molecule has 1 amide bonds. The standard InChI is InChI=1S/C11H14INO3S/c1-11(2,17(3,15)16)10(14)13-9-7-5-4-6-8(9)12/h4-7H,1-3H3,(H,13,14). The molecule has 0 aliphatic carbocycles. The molecule has 94 valence electrons. The van der Waals surface area contributed by atoms with Crippen LogP contribution in [-0.2, 0) is 14.6 Å². The van der Waals surface area contributed by atoms with Gasteiger partial charge in [-0.25, -0.2) is 8.42 Å². The molecular weight excluding hydrogens is 353 g/mol. The SMILES string of the molecule is CC(C)(C(=O)Nc1ccccc1I)S(C)(=O)=O. The van der Waals surface area contributed by atoms with Crippen LogP contribution in [0.1, 0.15) is 13.8 Å². The predicted octanol–water partition coefficient (Wildman–Crippen LogP) is 2.05. The van der Waals surface area contributed by atoms with E-state index in [0.717, 1.165) is 9.83 Å². The fraction of sp³-hybridized carbons (Fsp3) is 0.364. The first kappa shape index (κ1) is 14.4. The van der Waals surface area contributed by atoms with Crippen molar-refractivity contribution < 1.29 is 13.2 Å². The number of carbonyl (C=O) groups excluding carboxylic acids is 1. The molecule has 1 aromatic rings. The van der Waals surface area contributed by atoms with Crippen molar-refractivity contribution in [2.45, 2.75) is 18.6 Å². The van der Waals surface area contributed by atoms with Gasteiger partial charge in [-0.3, -0.25) is 4.79 Å². The molecule has 6 heteroatoms. The highest BCUT2D eigenvalue weighted by molar-refractivity contribution is 14.1. The Labute approximate surface area is 115 Å². The molecule has 0 radical (unpaired) electrons. The van der Waals surface area contributed by atoms with Crippen molar-refractivity contribution in [3.05, 3.63) is 27.8 Å². The van der Waals surface area contributed by atoms with E-state index in [1.165, 1.54) is 13.8 Å². The lowest BCUT2D eigenvalue weighted by atomic mass is 10.2. The van der Waals surface area contributed by atoms with Crippen LogP contribution in [0.4, 0.5) is 5.69 Å². The molecule has 4 nitrogen and oxygen atoms in total. The number of para-hydroxylation sites is 1. The fourth-order valence-corrected chi connectivity index (χ4v) is 1.91. The average molecular weight is 367 g/mol. The molecule has 0 unspecified atom stereocenters. The summed E-state index contributed by atoms with van der Waals surface area (Å²) in [4.78, 5) is 11.9. The quantitative estimate of drug-likeness (QED) is 0.832. The number of carbonyl (C=O) groups is 1. The van der Waals surface area contributed by atoms with Gasteiger partial charge in [-0.15, -0.1) is 0 Å². The van der Waals surface area contributed by atoms with Crippen LogP contribution in [-0.4, -0.2) is 25.3 Å². The molecule has 17 heavy (non-hydrogen) atoms. The number of benzene rings is 1. The minimum absolute atomic E-state index is 0.524. The van der Waals surface area contributed by atoms with E-state index < -0.39 is 20.5 Å². The van der Waals surface area contributed by atoms with E-state index in [4.69, 9.17) is 0 Å². The topological polar surface area (TPSA) is 63.2 Å². The molecular formula is C11H14INO3S. The van der Waals surface area contributed by atoms with Gasteiger partial charge in [0, 0.05) is 9.83 Å². The Morgan fingerprint density at radius 3 is 2.29 bits per heavy atom. The number of hydrogen-bond acceptors (Lipinski definition) is 3. The van der Waals surface area contributed by atoms with Crippen molar-refractivity contribution in [2.75, 3.05) is 11.6 Å². The first-order valence-corrected chi connectivity index (χ1v) is 7.89. The van der Waals surface area contributed by atoms with E-state index in [1.807, 2.05) is 12.1 Å². The van der Waals surface area contributed by atoms with Crippen LogP contribution in [0, 0.1) is 3.57 Å². The summed E-state index contributed by atoms with van der Waals surface area (Å²) in [6, 6.07) is 7.20. The van der Waals surface area contributed by atoms with Crippen LogP contribution in [0.15, 0.2) is 24.3 Å². The maximum atomic E-state index is 11.9. The van der Waals surface area contributed by atoms with Gasteiger partial charge in [-0.2, -0.15) is 0 Å². The van der Waals surface area contributed by atoms with Crippen molar-refractivity contribution in [1.82, 2.24) is 0 Å². The second-order valence-electron chi connectivity index (χ2n) is 4.22. The maximum Gasteiger partial charge on any atom is 0.245 e. The molecule has 1 aromatic carbocycles. The Morgan fingerprint density at radius 2 is 1.82 bits per heavy atom. The molecule has 0 fully saturated rings. The number of hydrogen-bond donors (Lipinski definition) is 1. The van der Waals surface area contributed by atoms with Crippen LogP contribution >= 0.6 is 22.6 Å². The third-order valence-electron chi connectivity index (χ3n) is 2.60. The molecule has 1 N–H and O–H groups in total. The summed E-state index contributed by atoms with van der Waals surface area (Å²) in [5.41, 5.74) is 0.620. The summed E-state index contributed by atoms with van der Waals surface area (Å²) in [5.74, 6) is -0.524. The van der Waals surface area contributed by atoms with Gasteiger partial charge >= 0.3 is 0 Å².